The van der Waals surface area contributed by atoms with Crippen molar-refractivity contribution in [3.05, 3.63) is 47.6 Å². The van der Waals surface area contributed by atoms with Crippen LogP contribution in [0.15, 0.2) is 35.1 Å². The number of hydrogen-bond acceptors (Lipinski definition) is 4. The predicted molar refractivity (Wildman–Crippen MR) is 79.5 cm³/mol. The first kappa shape index (κ1) is 13.6. The van der Waals surface area contributed by atoms with Crippen LogP contribution >= 0.6 is 0 Å². The second-order valence-corrected chi connectivity index (χ2v) is 5.20. The number of hydrogen-bond donors (Lipinski definition) is 2. The summed E-state index contributed by atoms with van der Waals surface area (Å²) in [6.07, 6.45) is 3.70. The predicted octanol–water partition coefficient (Wildman–Crippen LogP) is 2.56. The molecule has 6 nitrogen and oxygen atoms in total. The first-order valence-corrected chi connectivity index (χ1v) is 6.95. The highest BCUT2D eigenvalue weighted by Crippen LogP contribution is 2.19. The molecule has 3 aromatic heterocycles. The first-order chi connectivity index (χ1) is 10.1. The van der Waals surface area contributed by atoms with Crippen LogP contribution in [0, 0.1) is 6.92 Å². The van der Waals surface area contributed by atoms with Crippen molar-refractivity contribution < 1.29 is 4.42 Å². The lowest BCUT2D eigenvalue weighted by Gasteiger charge is -2.11. The lowest BCUT2D eigenvalue weighted by molar-refractivity contribution is 0.564. The Morgan fingerprint density at radius 1 is 1.48 bits per heavy atom. The summed E-state index contributed by atoms with van der Waals surface area (Å²) in [5.74, 6) is 0.772. The molecule has 2 N–H and O–H groups in total. The Bertz CT molecular complexity index is 710. The van der Waals surface area contributed by atoms with Crippen molar-refractivity contribution >= 4 is 0 Å². The third-order valence-electron chi connectivity index (χ3n) is 3.52. The van der Waals surface area contributed by atoms with Gasteiger partial charge in [-0.2, -0.15) is 10.2 Å². The summed E-state index contributed by atoms with van der Waals surface area (Å²) in [6.45, 7) is 4.87. The minimum Gasteiger partial charge on any atom is -0.463 e. The summed E-state index contributed by atoms with van der Waals surface area (Å²) < 4.78 is 7.17. The minimum absolute atomic E-state index is 0.231. The van der Waals surface area contributed by atoms with Gasteiger partial charge in [-0.05, 0) is 32.0 Å². The van der Waals surface area contributed by atoms with Crippen LogP contribution in [0.5, 0.6) is 0 Å². The Kier molecular flexibility index (Phi) is 3.62. The van der Waals surface area contributed by atoms with Crippen LogP contribution in [0.3, 0.4) is 0 Å². The van der Waals surface area contributed by atoms with Crippen LogP contribution < -0.4 is 5.32 Å². The number of furan rings is 1. The lowest BCUT2D eigenvalue weighted by Crippen LogP contribution is -2.18. The quantitative estimate of drug-likeness (QED) is 0.755. The van der Waals surface area contributed by atoms with Crippen molar-refractivity contribution in [2.24, 2.45) is 7.05 Å². The zero-order valence-electron chi connectivity index (χ0n) is 12.4. The zero-order valence-corrected chi connectivity index (χ0v) is 12.4. The molecule has 0 spiro atoms. The molecule has 0 radical (unpaired) electrons. The van der Waals surface area contributed by atoms with Crippen LogP contribution in [-0.4, -0.2) is 20.0 Å². The summed E-state index contributed by atoms with van der Waals surface area (Å²) in [6, 6.07) is 5.98. The number of rotatable bonds is 5. The van der Waals surface area contributed by atoms with Gasteiger partial charge < -0.3 is 9.73 Å². The standard InChI is InChI=1S/C15H19N5O/c1-10(13-9-20(3)19-11(13)2)16-8-12-7-14(18-17-12)15-5-4-6-21-15/h4-7,9-10,16H,8H2,1-3H3,(H,17,18). The monoisotopic (exact) mass is 285 g/mol. The highest BCUT2D eigenvalue weighted by atomic mass is 16.3. The van der Waals surface area contributed by atoms with E-state index in [4.69, 9.17) is 4.42 Å². The highest BCUT2D eigenvalue weighted by Gasteiger charge is 2.12. The van der Waals surface area contributed by atoms with Gasteiger partial charge in [0.05, 0.1) is 12.0 Å². The van der Waals surface area contributed by atoms with Crippen molar-refractivity contribution in [2.75, 3.05) is 0 Å². The van der Waals surface area contributed by atoms with E-state index in [0.717, 1.165) is 22.8 Å². The van der Waals surface area contributed by atoms with Gasteiger partial charge in [-0.25, -0.2) is 0 Å². The minimum atomic E-state index is 0.231. The van der Waals surface area contributed by atoms with Crippen molar-refractivity contribution in [3.63, 3.8) is 0 Å². The molecule has 0 fully saturated rings. The second kappa shape index (κ2) is 5.57. The molecule has 110 valence electrons. The third-order valence-corrected chi connectivity index (χ3v) is 3.52. The number of aryl methyl sites for hydroxylation is 2. The van der Waals surface area contributed by atoms with Gasteiger partial charge in [0.15, 0.2) is 5.76 Å². The molecule has 0 saturated carbocycles. The Labute approximate surface area is 123 Å². The molecule has 1 unspecified atom stereocenters. The summed E-state index contributed by atoms with van der Waals surface area (Å²) >= 11 is 0. The molecule has 0 aliphatic heterocycles. The molecule has 3 heterocycles. The molecule has 21 heavy (non-hydrogen) atoms. The largest absolute Gasteiger partial charge is 0.463 e. The number of H-pyrrole nitrogens is 1. The van der Waals surface area contributed by atoms with Crippen molar-refractivity contribution in [1.82, 2.24) is 25.3 Å². The first-order valence-electron chi connectivity index (χ1n) is 6.95. The van der Waals surface area contributed by atoms with E-state index in [0.29, 0.717) is 6.54 Å². The summed E-state index contributed by atoms with van der Waals surface area (Å²) in [5.41, 5.74) is 4.11. The van der Waals surface area contributed by atoms with Crippen molar-refractivity contribution in [3.8, 4) is 11.5 Å². The molecule has 6 heteroatoms. The van der Waals surface area contributed by atoms with Gasteiger partial charge in [0.1, 0.15) is 5.69 Å². The van der Waals surface area contributed by atoms with E-state index in [1.807, 2.05) is 43.0 Å². The van der Waals surface area contributed by atoms with Crippen LogP contribution in [0.25, 0.3) is 11.5 Å². The number of nitrogens with zero attached hydrogens (tertiary/aromatic N) is 3. The van der Waals surface area contributed by atoms with E-state index < -0.39 is 0 Å². The maximum absolute atomic E-state index is 5.33. The smallest absolute Gasteiger partial charge is 0.154 e. The fourth-order valence-corrected chi connectivity index (χ4v) is 2.42. The molecule has 3 rings (SSSR count). The van der Waals surface area contributed by atoms with Crippen LogP contribution in [0.1, 0.15) is 29.9 Å². The zero-order chi connectivity index (χ0) is 14.8. The lowest BCUT2D eigenvalue weighted by atomic mass is 10.1. The molecule has 0 aliphatic rings. The van der Waals surface area contributed by atoms with Gasteiger partial charge in [-0.1, -0.05) is 0 Å². The Morgan fingerprint density at radius 2 is 2.33 bits per heavy atom. The fraction of sp³-hybridized carbons (Fsp3) is 0.333. The SMILES string of the molecule is Cc1nn(C)cc1C(C)NCc1cc(-c2ccco2)n[nH]1. The normalized spacial score (nSPS) is 12.7. The number of nitrogens with one attached hydrogen (secondary N) is 2. The summed E-state index contributed by atoms with van der Waals surface area (Å²) in [7, 11) is 1.94. The van der Waals surface area contributed by atoms with E-state index in [1.54, 1.807) is 6.26 Å². The van der Waals surface area contributed by atoms with Crippen molar-refractivity contribution in [1.29, 1.82) is 0 Å². The molecule has 0 aliphatic carbocycles. The van der Waals surface area contributed by atoms with Gasteiger partial charge >= 0.3 is 0 Å². The average molecular weight is 285 g/mol. The van der Waals surface area contributed by atoms with Crippen LogP contribution in [-0.2, 0) is 13.6 Å². The molecule has 0 saturated heterocycles. The van der Waals surface area contributed by atoms with Gasteiger partial charge in [0, 0.05) is 37.1 Å². The molecule has 1 atom stereocenters. The van der Waals surface area contributed by atoms with Crippen LogP contribution in [0.2, 0.25) is 0 Å². The molecule has 0 bridgehead atoms. The Hall–Kier alpha value is -2.34. The average Bonchev–Trinajstić information content (AvgIpc) is 3.15. The number of aromatic amines is 1. The van der Waals surface area contributed by atoms with Gasteiger partial charge in [-0.15, -0.1) is 0 Å². The fourth-order valence-electron chi connectivity index (χ4n) is 2.42. The maximum atomic E-state index is 5.33. The third kappa shape index (κ3) is 2.90. The number of aromatic nitrogens is 4. The van der Waals surface area contributed by atoms with Crippen LogP contribution in [0.4, 0.5) is 0 Å². The highest BCUT2D eigenvalue weighted by molar-refractivity contribution is 5.51. The van der Waals surface area contributed by atoms with Gasteiger partial charge in [0.25, 0.3) is 0 Å². The van der Waals surface area contributed by atoms with E-state index in [9.17, 15) is 0 Å². The van der Waals surface area contributed by atoms with E-state index in [2.05, 4.69) is 27.5 Å². The molecule has 0 amide bonds. The maximum Gasteiger partial charge on any atom is 0.154 e. The van der Waals surface area contributed by atoms with E-state index in [-0.39, 0.29) is 6.04 Å². The van der Waals surface area contributed by atoms with Crippen molar-refractivity contribution in [2.45, 2.75) is 26.4 Å². The molecule has 0 aromatic carbocycles. The molecule has 3 aromatic rings. The summed E-state index contributed by atoms with van der Waals surface area (Å²) in [5, 5.41) is 15.1. The topological polar surface area (TPSA) is 71.7 Å². The molecular formula is C15H19N5O. The van der Waals surface area contributed by atoms with E-state index in [1.165, 1.54) is 5.56 Å². The van der Waals surface area contributed by atoms with Gasteiger partial charge in [0.2, 0.25) is 0 Å². The Balaban J connectivity index is 1.64. The second-order valence-electron chi connectivity index (χ2n) is 5.20. The van der Waals surface area contributed by atoms with Gasteiger partial charge in [-0.3, -0.25) is 9.78 Å². The van der Waals surface area contributed by atoms with E-state index >= 15 is 0 Å². The Morgan fingerprint density at radius 3 is 3.00 bits per heavy atom. The molecular weight excluding hydrogens is 266 g/mol. The summed E-state index contributed by atoms with van der Waals surface area (Å²) in [4.78, 5) is 0.